The van der Waals surface area contributed by atoms with Crippen molar-refractivity contribution in [2.24, 2.45) is 0 Å². The van der Waals surface area contributed by atoms with Gasteiger partial charge in [-0.25, -0.2) is 4.79 Å². The quantitative estimate of drug-likeness (QED) is 0.717. The third-order valence-electron chi connectivity index (χ3n) is 3.59. The van der Waals surface area contributed by atoms with E-state index in [-0.39, 0.29) is 5.88 Å². The van der Waals surface area contributed by atoms with Gasteiger partial charge in [0, 0.05) is 17.3 Å². The number of halogens is 1. The van der Waals surface area contributed by atoms with Crippen molar-refractivity contribution in [2.45, 2.75) is 20.4 Å². The Morgan fingerprint density at radius 2 is 1.92 bits per heavy atom. The van der Waals surface area contributed by atoms with Gasteiger partial charge in [0.15, 0.2) is 0 Å². The molecule has 0 saturated carbocycles. The maximum atomic E-state index is 11.4. The lowest BCUT2D eigenvalue weighted by atomic mass is 10.3. The van der Waals surface area contributed by atoms with Crippen molar-refractivity contribution in [3.63, 3.8) is 0 Å². The minimum Gasteiger partial charge on any atom is -0.437 e. The molecule has 1 heterocycles. The second-order valence-electron chi connectivity index (χ2n) is 5.16. The highest BCUT2D eigenvalue weighted by Crippen LogP contribution is 2.24. The standard InChI is InChI=1S/C16H22ClN5O3/c1-4-21(5-2)10-11-22-19-14(15(20-22)25-16(23)24-3)18-13-8-6-12(17)7-9-13/h6-9H,4-5,10-11H2,1-3H3,(H,18,19). The first kappa shape index (κ1) is 19.0. The number of ether oxygens (including phenoxy) is 2. The zero-order valence-electron chi connectivity index (χ0n) is 14.5. The van der Waals surface area contributed by atoms with E-state index < -0.39 is 6.16 Å². The number of aromatic nitrogens is 3. The van der Waals surface area contributed by atoms with Crippen LogP contribution >= 0.6 is 11.6 Å². The lowest BCUT2D eigenvalue weighted by Crippen LogP contribution is -2.27. The molecule has 0 unspecified atom stereocenters. The first-order valence-corrected chi connectivity index (χ1v) is 8.39. The molecule has 2 aromatic rings. The van der Waals surface area contributed by atoms with Crippen LogP contribution in [0.15, 0.2) is 24.3 Å². The van der Waals surface area contributed by atoms with Crippen LogP contribution in [0.5, 0.6) is 5.88 Å². The number of benzene rings is 1. The molecule has 1 aromatic heterocycles. The van der Waals surface area contributed by atoms with E-state index in [1.807, 2.05) is 0 Å². The Hall–Kier alpha value is -2.32. The molecule has 2 rings (SSSR count). The molecule has 0 atom stereocenters. The summed E-state index contributed by atoms with van der Waals surface area (Å²) < 4.78 is 9.60. The molecule has 0 bridgehead atoms. The van der Waals surface area contributed by atoms with E-state index in [2.05, 4.69) is 39.0 Å². The van der Waals surface area contributed by atoms with Gasteiger partial charge >= 0.3 is 6.16 Å². The van der Waals surface area contributed by atoms with E-state index >= 15 is 0 Å². The smallest absolute Gasteiger partial charge is 0.437 e. The van der Waals surface area contributed by atoms with Gasteiger partial charge in [0.25, 0.3) is 5.88 Å². The summed E-state index contributed by atoms with van der Waals surface area (Å²) in [5, 5.41) is 12.3. The van der Waals surface area contributed by atoms with Crippen LogP contribution in [0.3, 0.4) is 0 Å². The first-order chi connectivity index (χ1) is 12.0. The Balaban J connectivity index is 2.16. The summed E-state index contributed by atoms with van der Waals surface area (Å²) in [7, 11) is 1.24. The largest absolute Gasteiger partial charge is 0.515 e. The van der Waals surface area contributed by atoms with E-state index in [1.54, 1.807) is 24.3 Å². The van der Waals surface area contributed by atoms with Gasteiger partial charge in [-0.2, -0.15) is 4.80 Å². The number of rotatable bonds is 8. The van der Waals surface area contributed by atoms with Crippen LogP contribution in [0.1, 0.15) is 13.8 Å². The second-order valence-corrected chi connectivity index (χ2v) is 5.60. The van der Waals surface area contributed by atoms with Gasteiger partial charge in [-0.3, -0.25) is 0 Å². The maximum absolute atomic E-state index is 11.4. The monoisotopic (exact) mass is 367 g/mol. The molecule has 1 aromatic carbocycles. The number of carbonyl (C=O) groups is 1. The van der Waals surface area contributed by atoms with Crippen molar-refractivity contribution in [2.75, 3.05) is 32.1 Å². The van der Waals surface area contributed by atoms with E-state index in [0.29, 0.717) is 17.4 Å². The first-order valence-electron chi connectivity index (χ1n) is 8.01. The highest BCUT2D eigenvalue weighted by Gasteiger charge is 2.17. The molecule has 25 heavy (non-hydrogen) atoms. The number of methoxy groups -OCH3 is 1. The molecular formula is C16H22ClN5O3. The normalized spacial score (nSPS) is 10.8. The Morgan fingerprint density at radius 3 is 2.52 bits per heavy atom. The SMILES string of the molecule is CCN(CC)CCn1nc(Nc2ccc(Cl)cc2)c(OC(=O)OC)n1. The van der Waals surface area contributed by atoms with Crippen molar-refractivity contribution in [3.05, 3.63) is 29.3 Å². The van der Waals surface area contributed by atoms with E-state index in [0.717, 1.165) is 25.3 Å². The van der Waals surface area contributed by atoms with Gasteiger partial charge in [-0.05, 0) is 37.4 Å². The zero-order valence-corrected chi connectivity index (χ0v) is 15.3. The molecule has 9 heteroatoms. The molecule has 0 spiro atoms. The lowest BCUT2D eigenvalue weighted by Gasteiger charge is -2.16. The lowest BCUT2D eigenvalue weighted by molar-refractivity contribution is 0.119. The van der Waals surface area contributed by atoms with Gasteiger partial charge in [0.2, 0.25) is 5.82 Å². The van der Waals surface area contributed by atoms with Crippen LogP contribution in [-0.2, 0) is 11.3 Å². The van der Waals surface area contributed by atoms with E-state index in [1.165, 1.54) is 11.9 Å². The number of hydrogen-bond donors (Lipinski definition) is 1. The fourth-order valence-corrected chi connectivity index (χ4v) is 2.27. The van der Waals surface area contributed by atoms with Crippen molar-refractivity contribution in [1.29, 1.82) is 0 Å². The second kappa shape index (κ2) is 9.24. The highest BCUT2D eigenvalue weighted by atomic mass is 35.5. The van der Waals surface area contributed by atoms with E-state index in [9.17, 15) is 4.79 Å². The summed E-state index contributed by atoms with van der Waals surface area (Å²) in [5.74, 6) is 0.383. The summed E-state index contributed by atoms with van der Waals surface area (Å²) in [4.78, 5) is 15.2. The topological polar surface area (TPSA) is 81.5 Å². The van der Waals surface area contributed by atoms with Crippen LogP contribution in [0.2, 0.25) is 5.02 Å². The Labute approximate surface area is 151 Å². The predicted octanol–water partition coefficient (Wildman–Crippen LogP) is 3.16. The van der Waals surface area contributed by atoms with E-state index in [4.69, 9.17) is 16.3 Å². The van der Waals surface area contributed by atoms with Crippen LogP contribution in [0.4, 0.5) is 16.3 Å². The molecule has 0 saturated heterocycles. The van der Waals surface area contributed by atoms with Crippen LogP contribution in [0, 0.1) is 0 Å². The van der Waals surface area contributed by atoms with Gasteiger partial charge < -0.3 is 19.7 Å². The number of likely N-dealkylation sites (N-methyl/N-ethyl adjacent to an activating group) is 1. The van der Waals surface area contributed by atoms with Crippen molar-refractivity contribution >= 4 is 29.3 Å². The minimum atomic E-state index is -0.852. The Morgan fingerprint density at radius 1 is 1.24 bits per heavy atom. The molecule has 0 radical (unpaired) electrons. The minimum absolute atomic E-state index is 0.0568. The fraction of sp³-hybridized carbons (Fsp3) is 0.438. The zero-order chi connectivity index (χ0) is 18.2. The summed E-state index contributed by atoms with van der Waals surface area (Å²) in [5.41, 5.74) is 0.745. The number of nitrogens with zero attached hydrogens (tertiary/aromatic N) is 4. The van der Waals surface area contributed by atoms with Gasteiger partial charge in [-0.1, -0.05) is 25.4 Å². The average molecular weight is 368 g/mol. The van der Waals surface area contributed by atoms with Crippen LogP contribution in [-0.4, -0.2) is 52.8 Å². The van der Waals surface area contributed by atoms with Gasteiger partial charge in [0.05, 0.1) is 13.7 Å². The van der Waals surface area contributed by atoms with Gasteiger partial charge in [-0.15, -0.1) is 10.2 Å². The molecule has 0 aliphatic heterocycles. The molecule has 136 valence electrons. The predicted molar refractivity (Wildman–Crippen MR) is 95.6 cm³/mol. The van der Waals surface area contributed by atoms with Crippen molar-refractivity contribution in [3.8, 4) is 5.88 Å². The highest BCUT2D eigenvalue weighted by molar-refractivity contribution is 6.30. The molecule has 8 nitrogen and oxygen atoms in total. The summed E-state index contributed by atoms with van der Waals surface area (Å²) in [6.07, 6.45) is -0.852. The molecule has 0 amide bonds. The molecule has 0 fully saturated rings. The Kier molecular flexibility index (Phi) is 7.03. The molecular weight excluding hydrogens is 346 g/mol. The third-order valence-corrected chi connectivity index (χ3v) is 3.84. The number of anilines is 2. The summed E-state index contributed by atoms with van der Waals surface area (Å²) in [6.45, 7) is 7.44. The summed E-state index contributed by atoms with van der Waals surface area (Å²) in [6, 6.07) is 7.07. The van der Waals surface area contributed by atoms with Crippen molar-refractivity contribution < 1.29 is 14.3 Å². The number of hydrogen-bond acceptors (Lipinski definition) is 7. The van der Waals surface area contributed by atoms with Gasteiger partial charge in [0.1, 0.15) is 0 Å². The fourth-order valence-electron chi connectivity index (χ4n) is 2.14. The molecule has 1 N–H and O–H groups in total. The maximum Gasteiger partial charge on any atom is 0.515 e. The third kappa shape index (κ3) is 5.61. The number of carbonyl (C=O) groups excluding carboxylic acids is 1. The van der Waals surface area contributed by atoms with Crippen molar-refractivity contribution in [1.82, 2.24) is 19.9 Å². The Bertz CT molecular complexity index is 686. The molecule has 0 aliphatic carbocycles. The number of nitrogens with one attached hydrogen (secondary N) is 1. The van der Waals surface area contributed by atoms with Crippen LogP contribution in [0.25, 0.3) is 0 Å². The van der Waals surface area contributed by atoms with Crippen LogP contribution < -0.4 is 10.1 Å². The average Bonchev–Trinajstić information content (AvgIpc) is 2.99. The summed E-state index contributed by atoms with van der Waals surface area (Å²) >= 11 is 5.89. The molecule has 0 aliphatic rings.